The van der Waals surface area contributed by atoms with Crippen LogP contribution in [0.4, 0.5) is 13.2 Å². The first-order valence-corrected chi connectivity index (χ1v) is 5.21. The van der Waals surface area contributed by atoms with Crippen molar-refractivity contribution in [3.63, 3.8) is 0 Å². The minimum atomic E-state index is -4.76. The molecule has 0 spiro atoms. The molecule has 1 aromatic rings. The summed E-state index contributed by atoms with van der Waals surface area (Å²) in [5, 5.41) is 9.43. The van der Waals surface area contributed by atoms with E-state index in [2.05, 4.69) is 4.74 Å². The largest absolute Gasteiger partial charge is 0.573 e. The van der Waals surface area contributed by atoms with Crippen LogP contribution in [-0.2, 0) is 6.42 Å². The fourth-order valence-corrected chi connectivity index (χ4v) is 1.60. The quantitative estimate of drug-likeness (QED) is 0.908. The zero-order chi connectivity index (χ0) is 13.3. The van der Waals surface area contributed by atoms with E-state index in [1.807, 2.05) is 0 Å². The summed E-state index contributed by atoms with van der Waals surface area (Å²) < 4.78 is 39.6. The first-order valence-electron chi connectivity index (χ1n) is 4.83. The van der Waals surface area contributed by atoms with Crippen LogP contribution in [0.2, 0.25) is 5.02 Å². The van der Waals surface area contributed by atoms with Crippen LogP contribution in [0.5, 0.6) is 5.75 Å². The van der Waals surface area contributed by atoms with Crippen molar-refractivity contribution in [3.8, 4) is 5.75 Å². The Morgan fingerprint density at radius 2 is 1.88 bits per heavy atom. The maximum absolute atomic E-state index is 12.0. The molecule has 2 nitrogen and oxygen atoms in total. The highest BCUT2D eigenvalue weighted by Gasteiger charge is 2.32. The second-order valence-electron chi connectivity index (χ2n) is 4.30. The molecule has 0 radical (unpaired) electrons. The normalized spacial score (nSPS) is 12.6. The van der Waals surface area contributed by atoms with E-state index in [4.69, 9.17) is 11.6 Å². The zero-order valence-electron chi connectivity index (χ0n) is 9.31. The first kappa shape index (κ1) is 14.1. The van der Waals surface area contributed by atoms with Gasteiger partial charge in [0.25, 0.3) is 0 Å². The smallest absolute Gasteiger partial charge is 0.404 e. The summed E-state index contributed by atoms with van der Waals surface area (Å²) >= 11 is 5.66. The van der Waals surface area contributed by atoms with Crippen LogP contribution in [0.1, 0.15) is 19.4 Å². The van der Waals surface area contributed by atoms with Gasteiger partial charge in [0.15, 0.2) is 0 Å². The second kappa shape index (κ2) is 4.74. The van der Waals surface area contributed by atoms with Crippen molar-refractivity contribution in [2.75, 3.05) is 0 Å². The average molecular weight is 269 g/mol. The molecule has 0 aliphatic rings. The molecule has 6 heteroatoms. The molecule has 0 heterocycles. The third-order valence-corrected chi connectivity index (χ3v) is 2.15. The van der Waals surface area contributed by atoms with Crippen LogP contribution >= 0.6 is 11.6 Å². The number of aliphatic hydroxyl groups is 1. The van der Waals surface area contributed by atoms with Crippen molar-refractivity contribution in [1.82, 2.24) is 0 Å². The summed E-state index contributed by atoms with van der Waals surface area (Å²) in [5.41, 5.74) is -0.313. The van der Waals surface area contributed by atoms with E-state index in [9.17, 15) is 18.3 Å². The van der Waals surface area contributed by atoms with Crippen LogP contribution in [0.25, 0.3) is 0 Å². The molecule has 0 aliphatic heterocycles. The Morgan fingerprint density at radius 1 is 1.29 bits per heavy atom. The minimum Gasteiger partial charge on any atom is -0.404 e. The predicted octanol–water partition coefficient (Wildman–Crippen LogP) is 3.55. The van der Waals surface area contributed by atoms with E-state index < -0.39 is 17.7 Å². The maximum Gasteiger partial charge on any atom is 0.573 e. The van der Waals surface area contributed by atoms with Gasteiger partial charge < -0.3 is 9.84 Å². The lowest BCUT2D eigenvalue weighted by molar-refractivity contribution is -0.274. The van der Waals surface area contributed by atoms with Crippen LogP contribution in [0.3, 0.4) is 0 Å². The highest BCUT2D eigenvalue weighted by atomic mass is 35.5. The van der Waals surface area contributed by atoms with E-state index >= 15 is 0 Å². The molecule has 0 saturated carbocycles. The molecule has 17 heavy (non-hydrogen) atoms. The van der Waals surface area contributed by atoms with Gasteiger partial charge >= 0.3 is 6.36 Å². The Bertz CT molecular complexity index is 397. The summed E-state index contributed by atoms with van der Waals surface area (Å²) in [7, 11) is 0. The summed E-state index contributed by atoms with van der Waals surface area (Å²) in [6, 6.07) is 3.92. The molecule has 0 unspecified atom stereocenters. The number of halogens is 4. The van der Waals surface area contributed by atoms with E-state index in [0.29, 0.717) is 12.0 Å². The fraction of sp³-hybridized carbons (Fsp3) is 0.455. The molecule has 1 rings (SSSR count). The highest BCUT2D eigenvalue weighted by molar-refractivity contribution is 6.32. The first-order chi connectivity index (χ1) is 7.57. The van der Waals surface area contributed by atoms with Gasteiger partial charge in [-0.25, -0.2) is 0 Å². The lowest BCUT2D eigenvalue weighted by Crippen LogP contribution is -2.22. The Labute approximate surface area is 102 Å². The van der Waals surface area contributed by atoms with Gasteiger partial charge in [-0.3, -0.25) is 0 Å². The van der Waals surface area contributed by atoms with Gasteiger partial charge in [-0.2, -0.15) is 0 Å². The molecule has 0 saturated heterocycles. The molecule has 96 valence electrons. The average Bonchev–Trinajstić information content (AvgIpc) is 2.05. The predicted molar refractivity (Wildman–Crippen MR) is 58.1 cm³/mol. The van der Waals surface area contributed by atoms with Gasteiger partial charge in [-0.1, -0.05) is 17.7 Å². The van der Waals surface area contributed by atoms with E-state index in [1.165, 1.54) is 12.1 Å². The van der Waals surface area contributed by atoms with E-state index in [-0.39, 0.29) is 5.02 Å². The second-order valence-corrected chi connectivity index (χ2v) is 4.71. The third-order valence-electron chi connectivity index (χ3n) is 1.86. The highest BCUT2D eigenvalue weighted by Crippen LogP contribution is 2.31. The molecule has 1 N–H and O–H groups in total. The third kappa shape index (κ3) is 5.28. The monoisotopic (exact) mass is 268 g/mol. The van der Waals surface area contributed by atoms with Crippen molar-refractivity contribution in [1.29, 1.82) is 0 Å². The molecule has 0 atom stereocenters. The van der Waals surface area contributed by atoms with Crippen molar-refractivity contribution in [2.24, 2.45) is 0 Å². The standard InChI is InChI=1S/C11H12ClF3O2/c1-10(2,16)6-7-3-4-9(8(12)5-7)17-11(13,14)15/h3-5,16H,6H2,1-2H3. The number of benzene rings is 1. The number of hydrogen-bond acceptors (Lipinski definition) is 2. The van der Waals surface area contributed by atoms with Crippen molar-refractivity contribution in [2.45, 2.75) is 32.2 Å². The number of rotatable bonds is 3. The zero-order valence-corrected chi connectivity index (χ0v) is 10.1. The van der Waals surface area contributed by atoms with Gasteiger partial charge in [0.1, 0.15) is 5.75 Å². The number of hydrogen-bond donors (Lipinski definition) is 1. The van der Waals surface area contributed by atoms with Crippen molar-refractivity contribution in [3.05, 3.63) is 28.8 Å². The number of ether oxygens (including phenoxy) is 1. The molecule has 0 aromatic heterocycles. The lowest BCUT2D eigenvalue weighted by Gasteiger charge is -2.18. The van der Waals surface area contributed by atoms with Crippen LogP contribution in [0, 0.1) is 0 Å². The van der Waals surface area contributed by atoms with Gasteiger partial charge in [0.2, 0.25) is 0 Å². The summed E-state index contributed by atoms with van der Waals surface area (Å²) in [5.74, 6) is -0.446. The topological polar surface area (TPSA) is 29.5 Å². The SMILES string of the molecule is CC(C)(O)Cc1ccc(OC(F)(F)F)c(Cl)c1. The van der Waals surface area contributed by atoms with Gasteiger partial charge in [-0.15, -0.1) is 13.2 Å². The Kier molecular flexibility index (Phi) is 3.94. The molecule has 0 amide bonds. The van der Waals surface area contributed by atoms with Crippen LogP contribution < -0.4 is 4.74 Å². The molecule has 1 aromatic carbocycles. The molecular weight excluding hydrogens is 257 g/mol. The van der Waals surface area contributed by atoms with Crippen LogP contribution in [-0.4, -0.2) is 17.1 Å². The summed E-state index contributed by atoms with van der Waals surface area (Å²) in [6.45, 7) is 3.20. The van der Waals surface area contributed by atoms with E-state index in [0.717, 1.165) is 6.07 Å². The lowest BCUT2D eigenvalue weighted by atomic mass is 9.99. The van der Waals surface area contributed by atoms with Gasteiger partial charge in [-0.05, 0) is 31.5 Å². The molecule has 0 aliphatic carbocycles. The minimum absolute atomic E-state index is 0.135. The van der Waals surface area contributed by atoms with Crippen LogP contribution in [0.15, 0.2) is 18.2 Å². The van der Waals surface area contributed by atoms with E-state index in [1.54, 1.807) is 13.8 Å². The Morgan fingerprint density at radius 3 is 2.29 bits per heavy atom. The summed E-state index contributed by atoms with van der Waals surface area (Å²) in [4.78, 5) is 0. The van der Waals surface area contributed by atoms with Gasteiger partial charge in [0, 0.05) is 6.42 Å². The number of alkyl halides is 3. The molecular formula is C11H12ClF3O2. The Hall–Kier alpha value is -0.940. The van der Waals surface area contributed by atoms with Crippen molar-refractivity contribution >= 4 is 11.6 Å². The molecule has 0 fully saturated rings. The maximum atomic E-state index is 12.0. The fourth-order valence-electron chi connectivity index (χ4n) is 1.36. The van der Waals surface area contributed by atoms with Gasteiger partial charge in [0.05, 0.1) is 10.6 Å². The molecule has 0 bridgehead atoms. The summed E-state index contributed by atoms with van der Waals surface area (Å²) in [6.07, 6.45) is -4.47. The van der Waals surface area contributed by atoms with Crippen molar-refractivity contribution < 1.29 is 23.0 Å². The Balaban J connectivity index is 2.87.